The zero-order valence-electron chi connectivity index (χ0n) is 32.9. The van der Waals surface area contributed by atoms with Crippen LogP contribution in [0.2, 0.25) is 0 Å². The summed E-state index contributed by atoms with van der Waals surface area (Å²) in [6.07, 6.45) is 0. The van der Waals surface area contributed by atoms with E-state index in [9.17, 15) is 0 Å². The minimum absolute atomic E-state index is 0.903. The number of nitrogens with zero attached hydrogens (tertiary/aromatic N) is 1. The van der Waals surface area contributed by atoms with E-state index >= 15 is 0 Å². The highest BCUT2D eigenvalue weighted by molar-refractivity contribution is 6.07. The summed E-state index contributed by atoms with van der Waals surface area (Å²) in [6, 6.07) is 84.9. The molecule has 0 aliphatic rings. The average molecular weight is 766 g/mol. The van der Waals surface area contributed by atoms with Gasteiger partial charge in [0.15, 0.2) is 0 Å². The van der Waals surface area contributed by atoms with E-state index in [1.165, 1.54) is 49.7 Å². The standard InChI is InChI=1S/C58H39NO/c1-3-12-40(13-4-1)41-22-30-48(31-23-41)59(50-34-26-45(27-35-50)52-20-11-17-43-16-7-8-18-51(43)52)49-32-24-42(25-33-49)46-28-36-53(55(38-46)44-14-5-2-6-15-44)47-29-37-58-56(39-47)54-19-9-10-21-57(54)60-58/h1-39H. The Kier molecular flexibility index (Phi) is 8.87. The highest BCUT2D eigenvalue weighted by Gasteiger charge is 2.16. The lowest BCUT2D eigenvalue weighted by molar-refractivity contribution is 0.669. The van der Waals surface area contributed by atoms with Gasteiger partial charge in [-0.1, -0.05) is 176 Å². The third-order valence-electron chi connectivity index (χ3n) is 11.7. The molecule has 2 nitrogen and oxygen atoms in total. The number of fused-ring (bicyclic) bond motifs is 4. The Morgan fingerprint density at radius 2 is 0.733 bits per heavy atom. The van der Waals surface area contributed by atoms with Gasteiger partial charge in [0.25, 0.3) is 0 Å². The maximum Gasteiger partial charge on any atom is 0.135 e. The molecule has 0 amide bonds. The predicted molar refractivity (Wildman–Crippen MR) is 253 cm³/mol. The molecule has 11 aromatic rings. The highest BCUT2D eigenvalue weighted by atomic mass is 16.3. The lowest BCUT2D eigenvalue weighted by Gasteiger charge is -2.26. The van der Waals surface area contributed by atoms with Gasteiger partial charge in [0.2, 0.25) is 0 Å². The summed E-state index contributed by atoms with van der Waals surface area (Å²) >= 11 is 0. The van der Waals surface area contributed by atoms with Crippen LogP contribution in [-0.2, 0) is 0 Å². The van der Waals surface area contributed by atoms with Crippen molar-refractivity contribution >= 4 is 49.8 Å². The molecule has 0 unspecified atom stereocenters. The van der Waals surface area contributed by atoms with E-state index in [-0.39, 0.29) is 0 Å². The van der Waals surface area contributed by atoms with Crippen LogP contribution in [0.1, 0.15) is 0 Å². The van der Waals surface area contributed by atoms with Crippen molar-refractivity contribution in [3.63, 3.8) is 0 Å². The third-order valence-corrected chi connectivity index (χ3v) is 11.7. The summed E-state index contributed by atoms with van der Waals surface area (Å²) in [6.45, 7) is 0. The Hall–Kier alpha value is -7.94. The summed E-state index contributed by atoms with van der Waals surface area (Å²) in [5.41, 5.74) is 17.0. The zero-order chi connectivity index (χ0) is 39.8. The number of hydrogen-bond acceptors (Lipinski definition) is 2. The molecule has 0 spiro atoms. The van der Waals surface area contributed by atoms with E-state index in [2.05, 4.69) is 229 Å². The fraction of sp³-hybridized carbons (Fsp3) is 0. The largest absolute Gasteiger partial charge is 0.456 e. The van der Waals surface area contributed by atoms with Crippen LogP contribution in [0.25, 0.3) is 88.3 Å². The van der Waals surface area contributed by atoms with Crippen LogP contribution in [0.15, 0.2) is 241 Å². The SMILES string of the molecule is c1ccc(-c2ccc(N(c3ccc(-c4ccc(-c5ccc6oc7ccccc7c6c5)c(-c5ccccc5)c4)cc3)c3ccc(-c4cccc5ccccc45)cc3)cc2)cc1. The maximum atomic E-state index is 6.18. The molecule has 10 aromatic carbocycles. The highest BCUT2D eigenvalue weighted by Crippen LogP contribution is 2.41. The predicted octanol–water partition coefficient (Wildman–Crippen LogP) is 16.5. The van der Waals surface area contributed by atoms with Crippen molar-refractivity contribution in [2.45, 2.75) is 0 Å². The van der Waals surface area contributed by atoms with Gasteiger partial charge < -0.3 is 9.32 Å². The molecular formula is C58H39NO. The first-order chi connectivity index (χ1) is 29.7. The first kappa shape index (κ1) is 35.2. The van der Waals surface area contributed by atoms with Crippen molar-refractivity contribution in [1.82, 2.24) is 0 Å². The van der Waals surface area contributed by atoms with Gasteiger partial charge in [-0.3, -0.25) is 0 Å². The fourth-order valence-corrected chi connectivity index (χ4v) is 8.68. The van der Waals surface area contributed by atoms with Crippen LogP contribution in [0.3, 0.4) is 0 Å². The molecule has 0 atom stereocenters. The first-order valence-corrected chi connectivity index (χ1v) is 20.5. The topological polar surface area (TPSA) is 16.4 Å². The minimum Gasteiger partial charge on any atom is -0.456 e. The van der Waals surface area contributed by atoms with Crippen molar-refractivity contribution < 1.29 is 4.42 Å². The Bertz CT molecular complexity index is 3270. The van der Waals surface area contributed by atoms with Gasteiger partial charge in [-0.05, 0) is 127 Å². The molecular weight excluding hydrogens is 727 g/mol. The summed E-state index contributed by atoms with van der Waals surface area (Å²) in [5, 5.41) is 4.76. The maximum absolute atomic E-state index is 6.18. The Labute approximate surface area is 349 Å². The van der Waals surface area contributed by atoms with E-state index in [1.807, 2.05) is 12.1 Å². The van der Waals surface area contributed by atoms with E-state index in [1.54, 1.807) is 0 Å². The van der Waals surface area contributed by atoms with Crippen LogP contribution in [-0.4, -0.2) is 0 Å². The van der Waals surface area contributed by atoms with Gasteiger partial charge in [0.1, 0.15) is 11.2 Å². The number of benzene rings is 10. The van der Waals surface area contributed by atoms with Crippen LogP contribution in [0.5, 0.6) is 0 Å². The van der Waals surface area contributed by atoms with E-state index < -0.39 is 0 Å². The minimum atomic E-state index is 0.903. The summed E-state index contributed by atoms with van der Waals surface area (Å²) in [5.74, 6) is 0. The monoisotopic (exact) mass is 765 g/mol. The fourth-order valence-electron chi connectivity index (χ4n) is 8.68. The molecule has 0 saturated carbocycles. The van der Waals surface area contributed by atoms with Crippen molar-refractivity contribution in [1.29, 1.82) is 0 Å². The van der Waals surface area contributed by atoms with Gasteiger partial charge in [-0.2, -0.15) is 0 Å². The van der Waals surface area contributed by atoms with Crippen LogP contribution >= 0.6 is 0 Å². The Morgan fingerprint density at radius 1 is 0.250 bits per heavy atom. The quantitative estimate of drug-likeness (QED) is 0.153. The molecule has 2 heteroatoms. The lowest BCUT2D eigenvalue weighted by atomic mass is 9.90. The molecule has 0 radical (unpaired) electrons. The number of para-hydroxylation sites is 1. The second kappa shape index (κ2) is 15.1. The molecule has 0 aliphatic carbocycles. The lowest BCUT2D eigenvalue weighted by Crippen LogP contribution is -2.09. The molecule has 282 valence electrons. The number of hydrogen-bond donors (Lipinski definition) is 0. The molecule has 1 heterocycles. The van der Waals surface area contributed by atoms with Crippen molar-refractivity contribution in [3.8, 4) is 55.6 Å². The normalized spacial score (nSPS) is 11.3. The van der Waals surface area contributed by atoms with E-state index in [0.717, 1.165) is 55.7 Å². The third kappa shape index (κ3) is 6.51. The molecule has 1 aromatic heterocycles. The molecule has 0 aliphatic heterocycles. The Balaban J connectivity index is 0.974. The smallest absolute Gasteiger partial charge is 0.135 e. The van der Waals surface area contributed by atoms with Gasteiger partial charge in [0.05, 0.1) is 0 Å². The number of furan rings is 1. The summed E-state index contributed by atoms with van der Waals surface area (Å²) in [4.78, 5) is 2.35. The van der Waals surface area contributed by atoms with E-state index in [4.69, 9.17) is 4.42 Å². The van der Waals surface area contributed by atoms with Crippen LogP contribution < -0.4 is 4.90 Å². The molecule has 0 fully saturated rings. The number of anilines is 3. The summed E-state index contributed by atoms with van der Waals surface area (Å²) < 4.78 is 6.18. The molecule has 0 saturated heterocycles. The summed E-state index contributed by atoms with van der Waals surface area (Å²) in [7, 11) is 0. The van der Waals surface area contributed by atoms with Gasteiger partial charge >= 0.3 is 0 Å². The second-order valence-corrected chi connectivity index (χ2v) is 15.3. The van der Waals surface area contributed by atoms with E-state index in [0.29, 0.717) is 0 Å². The van der Waals surface area contributed by atoms with Crippen molar-refractivity contribution in [3.05, 3.63) is 237 Å². The van der Waals surface area contributed by atoms with Gasteiger partial charge in [-0.15, -0.1) is 0 Å². The molecule has 0 N–H and O–H groups in total. The van der Waals surface area contributed by atoms with Crippen LogP contribution in [0.4, 0.5) is 17.1 Å². The Morgan fingerprint density at radius 3 is 1.43 bits per heavy atom. The van der Waals surface area contributed by atoms with Crippen LogP contribution in [0, 0.1) is 0 Å². The van der Waals surface area contributed by atoms with Gasteiger partial charge in [0, 0.05) is 27.8 Å². The number of rotatable bonds is 8. The molecule has 60 heavy (non-hydrogen) atoms. The molecule has 0 bridgehead atoms. The zero-order valence-corrected chi connectivity index (χ0v) is 32.9. The average Bonchev–Trinajstić information content (AvgIpc) is 3.71. The van der Waals surface area contributed by atoms with Crippen molar-refractivity contribution in [2.24, 2.45) is 0 Å². The molecule has 11 rings (SSSR count). The second-order valence-electron chi connectivity index (χ2n) is 15.3. The first-order valence-electron chi connectivity index (χ1n) is 20.5. The van der Waals surface area contributed by atoms with Gasteiger partial charge in [-0.25, -0.2) is 0 Å². The van der Waals surface area contributed by atoms with Crippen molar-refractivity contribution in [2.75, 3.05) is 4.90 Å².